The van der Waals surface area contributed by atoms with E-state index < -0.39 is 5.54 Å². The van der Waals surface area contributed by atoms with Crippen LogP contribution in [0, 0.1) is 19.8 Å². The zero-order chi connectivity index (χ0) is 16.9. The van der Waals surface area contributed by atoms with Crippen LogP contribution in [0.15, 0.2) is 5.38 Å². The number of aromatic nitrogens is 2. The first-order chi connectivity index (χ1) is 11.5. The molecule has 24 heavy (non-hydrogen) atoms. The molecule has 0 bridgehead atoms. The molecule has 1 spiro atoms. The zero-order valence-corrected chi connectivity index (χ0v) is 14.4. The van der Waals surface area contributed by atoms with Crippen LogP contribution < -0.4 is 16.0 Å². The maximum Gasteiger partial charge on any atom is 0.322 e. The summed E-state index contributed by atoms with van der Waals surface area (Å²) in [5, 5.41) is 11.8. The molecule has 7 nitrogen and oxygen atoms in total. The molecule has 1 aliphatic heterocycles. The maximum absolute atomic E-state index is 12.3. The number of nitrogens with one attached hydrogen (secondary N) is 3. The molecule has 4 rings (SSSR count). The molecule has 3 amide bonds. The van der Waals surface area contributed by atoms with Crippen LogP contribution in [0.3, 0.4) is 0 Å². The summed E-state index contributed by atoms with van der Waals surface area (Å²) in [7, 11) is 0. The second-order valence-electron chi connectivity index (χ2n) is 6.57. The SMILES string of the molecule is Cc1nc(NCC2CCCC23NC(=O)NC3=O)c2c(C)csc2n1. The molecule has 126 valence electrons. The lowest BCUT2D eigenvalue weighted by Gasteiger charge is -2.28. The Morgan fingerprint density at radius 2 is 2.21 bits per heavy atom. The van der Waals surface area contributed by atoms with Gasteiger partial charge in [0.15, 0.2) is 0 Å². The van der Waals surface area contributed by atoms with E-state index in [9.17, 15) is 9.59 Å². The first kappa shape index (κ1) is 15.3. The number of carbonyl (C=O) groups is 2. The van der Waals surface area contributed by atoms with Gasteiger partial charge in [-0.3, -0.25) is 10.1 Å². The van der Waals surface area contributed by atoms with Crippen molar-refractivity contribution in [3.05, 3.63) is 16.8 Å². The third kappa shape index (κ3) is 2.24. The lowest BCUT2D eigenvalue weighted by atomic mass is 9.87. The molecule has 1 saturated carbocycles. The van der Waals surface area contributed by atoms with Gasteiger partial charge in [0.1, 0.15) is 22.0 Å². The molecule has 2 unspecified atom stereocenters. The summed E-state index contributed by atoms with van der Waals surface area (Å²) >= 11 is 1.61. The molecule has 3 N–H and O–H groups in total. The van der Waals surface area contributed by atoms with Crippen LogP contribution in [0.2, 0.25) is 0 Å². The zero-order valence-electron chi connectivity index (χ0n) is 13.6. The maximum atomic E-state index is 12.3. The number of anilines is 1. The normalized spacial score (nSPS) is 26.2. The van der Waals surface area contributed by atoms with Crippen LogP contribution in [0.1, 0.15) is 30.7 Å². The highest BCUT2D eigenvalue weighted by atomic mass is 32.1. The highest BCUT2D eigenvalue weighted by molar-refractivity contribution is 7.17. The fourth-order valence-electron chi connectivity index (χ4n) is 3.86. The van der Waals surface area contributed by atoms with Crippen LogP contribution in [-0.2, 0) is 4.79 Å². The molecule has 2 aliphatic rings. The van der Waals surface area contributed by atoms with Crippen molar-refractivity contribution in [3.8, 4) is 0 Å². The summed E-state index contributed by atoms with van der Waals surface area (Å²) in [5.74, 6) is 1.38. The molecule has 2 atom stereocenters. The predicted octanol–water partition coefficient (Wildman–Crippen LogP) is 2.10. The molecule has 1 aliphatic carbocycles. The van der Waals surface area contributed by atoms with Gasteiger partial charge in [-0.2, -0.15) is 0 Å². The summed E-state index contributed by atoms with van der Waals surface area (Å²) in [6.45, 7) is 4.51. The Labute approximate surface area is 143 Å². The highest BCUT2D eigenvalue weighted by Gasteiger charge is 2.54. The topological polar surface area (TPSA) is 96.0 Å². The number of fused-ring (bicyclic) bond motifs is 1. The van der Waals surface area contributed by atoms with Gasteiger partial charge in [0.25, 0.3) is 5.91 Å². The number of imide groups is 1. The second-order valence-corrected chi connectivity index (χ2v) is 7.43. The lowest BCUT2D eigenvalue weighted by Crippen LogP contribution is -2.51. The Morgan fingerprint density at radius 1 is 1.38 bits per heavy atom. The van der Waals surface area contributed by atoms with E-state index in [0.29, 0.717) is 13.0 Å². The van der Waals surface area contributed by atoms with E-state index in [-0.39, 0.29) is 17.9 Å². The molecule has 2 aromatic heterocycles. The average Bonchev–Trinajstić information content (AvgIpc) is 3.17. The summed E-state index contributed by atoms with van der Waals surface area (Å²) in [6, 6.07) is -0.388. The van der Waals surface area contributed by atoms with Crippen molar-refractivity contribution in [1.29, 1.82) is 0 Å². The molecule has 0 radical (unpaired) electrons. The standard InChI is InChI=1S/C16H19N5O2S/c1-8-7-24-13-11(8)12(18-9(2)19-13)17-6-10-4-3-5-16(10)14(22)20-15(23)21-16/h7,10H,3-6H2,1-2H3,(H,17,18,19)(H2,20,21,22,23). The van der Waals surface area contributed by atoms with Crippen molar-refractivity contribution in [3.63, 3.8) is 0 Å². The molecule has 3 heterocycles. The third-order valence-corrected chi connectivity index (χ3v) is 6.02. The van der Waals surface area contributed by atoms with E-state index in [1.165, 1.54) is 0 Å². The third-order valence-electron chi connectivity index (χ3n) is 5.03. The first-order valence-electron chi connectivity index (χ1n) is 8.09. The van der Waals surface area contributed by atoms with Gasteiger partial charge < -0.3 is 10.6 Å². The number of thiophene rings is 1. The Balaban J connectivity index is 1.60. The Morgan fingerprint density at radius 3 is 2.96 bits per heavy atom. The highest BCUT2D eigenvalue weighted by Crippen LogP contribution is 2.38. The van der Waals surface area contributed by atoms with Gasteiger partial charge in [0.05, 0.1) is 5.39 Å². The van der Waals surface area contributed by atoms with Gasteiger partial charge >= 0.3 is 6.03 Å². The van der Waals surface area contributed by atoms with E-state index in [1.54, 1.807) is 11.3 Å². The number of hydrogen-bond acceptors (Lipinski definition) is 6. The molecular weight excluding hydrogens is 326 g/mol. The molecular formula is C16H19N5O2S. The minimum Gasteiger partial charge on any atom is -0.369 e. The van der Waals surface area contributed by atoms with Gasteiger partial charge in [-0.25, -0.2) is 14.8 Å². The Hall–Kier alpha value is -2.22. The van der Waals surface area contributed by atoms with Gasteiger partial charge in [-0.1, -0.05) is 6.42 Å². The average molecular weight is 345 g/mol. The summed E-state index contributed by atoms with van der Waals surface area (Å²) in [6.07, 6.45) is 2.51. The molecule has 0 aromatic carbocycles. The number of nitrogens with zero attached hydrogens (tertiary/aromatic N) is 2. The predicted molar refractivity (Wildman–Crippen MR) is 92.1 cm³/mol. The fraction of sp³-hybridized carbons (Fsp3) is 0.500. The number of hydrogen-bond donors (Lipinski definition) is 3. The van der Waals surface area contributed by atoms with Crippen molar-refractivity contribution in [2.24, 2.45) is 5.92 Å². The van der Waals surface area contributed by atoms with Crippen molar-refractivity contribution in [1.82, 2.24) is 20.6 Å². The minimum atomic E-state index is -0.769. The van der Waals surface area contributed by atoms with E-state index in [1.807, 2.05) is 13.8 Å². The molecule has 2 aromatic rings. The quantitative estimate of drug-likeness (QED) is 0.740. The van der Waals surface area contributed by atoms with Crippen LogP contribution in [0.25, 0.3) is 10.2 Å². The van der Waals surface area contributed by atoms with Gasteiger partial charge in [0.2, 0.25) is 0 Å². The molecule has 2 fully saturated rings. The summed E-state index contributed by atoms with van der Waals surface area (Å²) < 4.78 is 0. The van der Waals surface area contributed by atoms with E-state index >= 15 is 0 Å². The smallest absolute Gasteiger partial charge is 0.322 e. The van der Waals surface area contributed by atoms with Gasteiger partial charge in [-0.05, 0) is 37.6 Å². The largest absolute Gasteiger partial charge is 0.369 e. The lowest BCUT2D eigenvalue weighted by molar-refractivity contribution is -0.125. The summed E-state index contributed by atoms with van der Waals surface area (Å²) in [5.41, 5.74) is 0.375. The minimum absolute atomic E-state index is 0.0493. The number of rotatable bonds is 3. The van der Waals surface area contributed by atoms with Gasteiger partial charge in [0, 0.05) is 12.5 Å². The van der Waals surface area contributed by atoms with Crippen LogP contribution in [0.4, 0.5) is 10.6 Å². The van der Waals surface area contributed by atoms with E-state index in [0.717, 1.165) is 40.3 Å². The second kappa shape index (κ2) is 5.41. The van der Waals surface area contributed by atoms with Crippen LogP contribution in [-0.4, -0.2) is 34.0 Å². The van der Waals surface area contributed by atoms with Crippen molar-refractivity contribution in [2.45, 2.75) is 38.6 Å². The number of aryl methyl sites for hydroxylation is 2. The Bertz CT molecular complexity index is 848. The van der Waals surface area contributed by atoms with Crippen molar-refractivity contribution >= 4 is 39.3 Å². The number of amides is 3. The van der Waals surface area contributed by atoms with Crippen LogP contribution in [0.5, 0.6) is 0 Å². The van der Waals surface area contributed by atoms with E-state index in [2.05, 4.69) is 31.3 Å². The Kier molecular flexibility index (Phi) is 3.45. The van der Waals surface area contributed by atoms with E-state index in [4.69, 9.17) is 0 Å². The van der Waals surface area contributed by atoms with Crippen LogP contribution >= 0.6 is 11.3 Å². The van der Waals surface area contributed by atoms with Crippen molar-refractivity contribution < 1.29 is 9.59 Å². The molecule has 1 saturated heterocycles. The monoisotopic (exact) mass is 345 g/mol. The van der Waals surface area contributed by atoms with Gasteiger partial charge in [-0.15, -0.1) is 11.3 Å². The summed E-state index contributed by atoms with van der Waals surface area (Å²) in [4.78, 5) is 33.8. The number of carbonyl (C=O) groups excluding carboxylic acids is 2. The van der Waals surface area contributed by atoms with Crippen molar-refractivity contribution in [2.75, 3.05) is 11.9 Å². The fourth-order valence-corrected chi connectivity index (χ4v) is 4.83. The molecule has 8 heteroatoms. The number of urea groups is 1. The first-order valence-corrected chi connectivity index (χ1v) is 8.97.